The molecule has 2 rings (SSSR count). The molecular formula is C12H18O2. The van der Waals surface area contributed by atoms with Crippen LogP contribution in [0.3, 0.4) is 0 Å². The second-order valence-corrected chi connectivity index (χ2v) is 4.60. The summed E-state index contributed by atoms with van der Waals surface area (Å²) < 4.78 is 5.67. The molecule has 2 nitrogen and oxygen atoms in total. The molecule has 1 saturated carbocycles. The molecule has 1 aliphatic carbocycles. The highest BCUT2D eigenvalue weighted by atomic mass is 16.5. The topological polar surface area (TPSA) is 26.3 Å². The fraction of sp³-hybridized carbons (Fsp3) is 0.750. The fourth-order valence-corrected chi connectivity index (χ4v) is 2.58. The predicted molar refractivity (Wildman–Crippen MR) is 54.8 cm³/mol. The summed E-state index contributed by atoms with van der Waals surface area (Å²) in [5.41, 5.74) is -0.127. The first-order valence-electron chi connectivity index (χ1n) is 5.61. The van der Waals surface area contributed by atoms with E-state index in [2.05, 4.69) is 6.92 Å². The van der Waals surface area contributed by atoms with Crippen molar-refractivity contribution in [2.45, 2.75) is 51.0 Å². The second kappa shape index (κ2) is 3.76. The number of ketones is 1. The highest BCUT2D eigenvalue weighted by Crippen LogP contribution is 2.40. The molecular weight excluding hydrogens is 176 g/mol. The fourth-order valence-electron chi connectivity index (χ4n) is 2.58. The molecule has 0 unspecified atom stereocenters. The Kier molecular flexibility index (Phi) is 2.62. The first kappa shape index (κ1) is 9.75. The van der Waals surface area contributed by atoms with Crippen LogP contribution in [0.4, 0.5) is 0 Å². The number of carbonyl (C=O) groups is 1. The highest BCUT2D eigenvalue weighted by Gasteiger charge is 2.38. The molecule has 1 fully saturated rings. The molecule has 2 aliphatic rings. The zero-order valence-corrected chi connectivity index (χ0v) is 8.79. The number of hydrogen-bond acceptors (Lipinski definition) is 2. The first-order chi connectivity index (χ1) is 6.74. The summed E-state index contributed by atoms with van der Waals surface area (Å²) in [6.45, 7) is 2.25. The lowest BCUT2D eigenvalue weighted by Crippen LogP contribution is -2.39. The molecule has 78 valence electrons. The lowest BCUT2D eigenvalue weighted by Gasteiger charge is -2.40. The van der Waals surface area contributed by atoms with Crippen molar-refractivity contribution in [1.29, 1.82) is 0 Å². The first-order valence-corrected chi connectivity index (χ1v) is 5.61. The van der Waals surface area contributed by atoms with Gasteiger partial charge in [-0.1, -0.05) is 13.3 Å². The van der Waals surface area contributed by atoms with Crippen molar-refractivity contribution in [2.24, 2.45) is 5.92 Å². The van der Waals surface area contributed by atoms with Gasteiger partial charge in [0.1, 0.15) is 5.60 Å². The van der Waals surface area contributed by atoms with Crippen LogP contribution in [-0.2, 0) is 9.53 Å². The van der Waals surface area contributed by atoms with Gasteiger partial charge in [-0.05, 0) is 31.6 Å². The van der Waals surface area contributed by atoms with E-state index >= 15 is 0 Å². The van der Waals surface area contributed by atoms with Gasteiger partial charge in [0.2, 0.25) is 0 Å². The minimum Gasteiger partial charge on any atom is -0.494 e. The number of allylic oxidation sites excluding steroid dienone is 1. The summed E-state index contributed by atoms with van der Waals surface area (Å²) in [7, 11) is 0. The molecule has 0 aromatic heterocycles. The van der Waals surface area contributed by atoms with E-state index in [0.717, 1.165) is 18.8 Å². The van der Waals surface area contributed by atoms with Crippen molar-refractivity contribution < 1.29 is 9.53 Å². The summed E-state index contributed by atoms with van der Waals surface area (Å²) in [5, 5.41) is 0. The van der Waals surface area contributed by atoms with Gasteiger partial charge >= 0.3 is 0 Å². The van der Waals surface area contributed by atoms with E-state index in [1.807, 2.05) is 0 Å². The molecule has 0 bridgehead atoms. The minimum atomic E-state index is -0.127. The monoisotopic (exact) mass is 194 g/mol. The van der Waals surface area contributed by atoms with Gasteiger partial charge in [0.25, 0.3) is 0 Å². The van der Waals surface area contributed by atoms with E-state index in [1.165, 1.54) is 19.3 Å². The molecule has 0 amide bonds. The Bertz CT molecular complexity index is 247. The number of hydrogen-bond donors (Lipinski definition) is 0. The van der Waals surface area contributed by atoms with Crippen LogP contribution in [0.2, 0.25) is 0 Å². The Balaban J connectivity index is 1.99. The molecule has 0 saturated heterocycles. The van der Waals surface area contributed by atoms with Gasteiger partial charge < -0.3 is 4.74 Å². The van der Waals surface area contributed by atoms with Gasteiger partial charge in [-0.3, -0.25) is 4.79 Å². The number of carbonyl (C=O) groups excluding carboxylic acids is 1. The van der Waals surface area contributed by atoms with E-state index in [9.17, 15) is 4.79 Å². The smallest absolute Gasteiger partial charge is 0.162 e. The van der Waals surface area contributed by atoms with E-state index in [4.69, 9.17) is 4.74 Å². The molecule has 1 heterocycles. The van der Waals surface area contributed by atoms with Crippen LogP contribution in [0.5, 0.6) is 0 Å². The molecule has 0 atom stereocenters. The lowest BCUT2D eigenvalue weighted by molar-refractivity contribution is -0.125. The predicted octanol–water partition coefficient (Wildman–Crippen LogP) is 2.83. The van der Waals surface area contributed by atoms with Crippen LogP contribution in [0, 0.1) is 5.92 Å². The van der Waals surface area contributed by atoms with E-state index in [0.29, 0.717) is 6.42 Å². The Labute approximate surface area is 85.3 Å². The standard InChI is InChI=1S/C12H18O2/c1-2-10-3-6-12(7-4-10)9-11(13)5-8-14-12/h5,8,10H,2-4,6-7,9H2,1H3. The summed E-state index contributed by atoms with van der Waals surface area (Å²) in [5.74, 6) is 1.08. The summed E-state index contributed by atoms with van der Waals surface area (Å²) in [6, 6.07) is 0. The van der Waals surface area contributed by atoms with Gasteiger partial charge in [0, 0.05) is 6.08 Å². The third-order valence-electron chi connectivity index (χ3n) is 3.66. The van der Waals surface area contributed by atoms with Gasteiger partial charge in [0.15, 0.2) is 5.78 Å². The van der Waals surface area contributed by atoms with Crippen molar-refractivity contribution in [2.75, 3.05) is 0 Å². The van der Waals surface area contributed by atoms with Crippen LogP contribution in [0.15, 0.2) is 12.3 Å². The van der Waals surface area contributed by atoms with Crippen LogP contribution < -0.4 is 0 Å². The van der Waals surface area contributed by atoms with E-state index < -0.39 is 0 Å². The largest absolute Gasteiger partial charge is 0.494 e. The molecule has 14 heavy (non-hydrogen) atoms. The van der Waals surface area contributed by atoms with Gasteiger partial charge in [-0.2, -0.15) is 0 Å². The Morgan fingerprint density at radius 2 is 2.21 bits per heavy atom. The van der Waals surface area contributed by atoms with E-state index in [1.54, 1.807) is 12.3 Å². The third-order valence-corrected chi connectivity index (χ3v) is 3.66. The average molecular weight is 194 g/mol. The van der Waals surface area contributed by atoms with Gasteiger partial charge in [-0.25, -0.2) is 0 Å². The SMILES string of the molecule is CCC1CCC2(CC1)CC(=O)C=CO2. The normalized spacial score (nSPS) is 37.2. The quantitative estimate of drug-likeness (QED) is 0.641. The molecule has 1 spiro atoms. The zero-order valence-electron chi connectivity index (χ0n) is 8.79. The van der Waals surface area contributed by atoms with Crippen LogP contribution in [0.25, 0.3) is 0 Å². The van der Waals surface area contributed by atoms with Crippen molar-refractivity contribution >= 4 is 5.78 Å². The van der Waals surface area contributed by atoms with Crippen LogP contribution in [0.1, 0.15) is 45.4 Å². The lowest BCUT2D eigenvalue weighted by atomic mass is 9.75. The van der Waals surface area contributed by atoms with E-state index in [-0.39, 0.29) is 11.4 Å². The minimum absolute atomic E-state index is 0.127. The molecule has 0 radical (unpaired) electrons. The third kappa shape index (κ3) is 1.84. The Hall–Kier alpha value is -0.790. The second-order valence-electron chi connectivity index (χ2n) is 4.60. The summed E-state index contributed by atoms with van der Waals surface area (Å²) >= 11 is 0. The summed E-state index contributed by atoms with van der Waals surface area (Å²) in [6.07, 6.45) is 9.56. The average Bonchev–Trinajstić information content (AvgIpc) is 2.19. The zero-order chi connectivity index (χ0) is 10.0. The van der Waals surface area contributed by atoms with Crippen molar-refractivity contribution in [3.63, 3.8) is 0 Å². The van der Waals surface area contributed by atoms with Gasteiger partial charge in [-0.15, -0.1) is 0 Å². The van der Waals surface area contributed by atoms with Crippen molar-refractivity contribution in [3.05, 3.63) is 12.3 Å². The Morgan fingerprint density at radius 1 is 1.50 bits per heavy atom. The Morgan fingerprint density at radius 3 is 2.79 bits per heavy atom. The molecule has 0 N–H and O–H groups in total. The molecule has 0 aromatic rings. The van der Waals surface area contributed by atoms with Gasteiger partial charge in [0.05, 0.1) is 12.7 Å². The van der Waals surface area contributed by atoms with Crippen LogP contribution in [-0.4, -0.2) is 11.4 Å². The van der Waals surface area contributed by atoms with Crippen LogP contribution >= 0.6 is 0 Å². The molecule has 1 aliphatic heterocycles. The maximum Gasteiger partial charge on any atom is 0.162 e. The maximum absolute atomic E-state index is 11.3. The highest BCUT2D eigenvalue weighted by molar-refractivity contribution is 5.90. The number of ether oxygens (including phenoxy) is 1. The number of rotatable bonds is 1. The maximum atomic E-state index is 11.3. The molecule has 2 heteroatoms. The molecule has 0 aromatic carbocycles. The summed E-state index contributed by atoms with van der Waals surface area (Å²) in [4.78, 5) is 11.3. The van der Waals surface area contributed by atoms with Crippen molar-refractivity contribution in [3.8, 4) is 0 Å². The van der Waals surface area contributed by atoms with Crippen molar-refractivity contribution in [1.82, 2.24) is 0 Å².